The average molecular weight is 450 g/mol. The van der Waals surface area contributed by atoms with Crippen LogP contribution in [0, 0.1) is 11.6 Å². The number of hydrogen-bond donors (Lipinski definition) is 1. The first kappa shape index (κ1) is 21.8. The summed E-state index contributed by atoms with van der Waals surface area (Å²) in [5.41, 5.74) is -0.285. The molecule has 0 spiro atoms. The largest absolute Gasteiger partial charge is 0.298 e. The molecule has 2 aromatic carbocycles. The van der Waals surface area contributed by atoms with Crippen molar-refractivity contribution in [1.29, 1.82) is 0 Å². The second-order valence-corrected chi connectivity index (χ2v) is 9.07. The Morgan fingerprint density at radius 3 is 2.37 bits per heavy atom. The van der Waals surface area contributed by atoms with E-state index in [0.29, 0.717) is 10.2 Å². The molecule has 0 fully saturated rings. The number of nitrogens with zero attached hydrogens (tertiary/aromatic N) is 2. The first-order valence-corrected chi connectivity index (χ1v) is 10.9. The summed E-state index contributed by atoms with van der Waals surface area (Å²) in [4.78, 5) is 16.5. The van der Waals surface area contributed by atoms with Gasteiger partial charge in [-0.15, -0.1) is 13.2 Å². The summed E-state index contributed by atoms with van der Waals surface area (Å²) in [5, 5.41) is 2.44. The standard InChI is InChI=1S/C20H17F2N3O3S2/c1-3-10-25(11-4-2)30(27,28)13-8-9-16-17(12-13)29-20(23-16)24-19(26)18-14(21)6-5-7-15(18)22/h3-9,12H,1-2,10-11H2,(H,23,24,26). The number of carbonyl (C=O) groups is 1. The molecule has 1 heterocycles. The van der Waals surface area contributed by atoms with Crippen molar-refractivity contribution < 1.29 is 22.0 Å². The predicted octanol–water partition coefficient (Wildman–Crippen LogP) is 4.19. The van der Waals surface area contributed by atoms with Gasteiger partial charge < -0.3 is 0 Å². The van der Waals surface area contributed by atoms with Gasteiger partial charge in [0.25, 0.3) is 5.91 Å². The van der Waals surface area contributed by atoms with Gasteiger partial charge in [-0.05, 0) is 30.3 Å². The lowest BCUT2D eigenvalue weighted by atomic mass is 10.2. The molecule has 156 valence electrons. The molecule has 10 heteroatoms. The van der Waals surface area contributed by atoms with Gasteiger partial charge >= 0.3 is 0 Å². The first-order chi connectivity index (χ1) is 14.3. The highest BCUT2D eigenvalue weighted by atomic mass is 32.2. The van der Waals surface area contributed by atoms with Gasteiger partial charge in [-0.3, -0.25) is 10.1 Å². The monoisotopic (exact) mass is 449 g/mol. The minimum absolute atomic E-state index is 0.0420. The Hall–Kier alpha value is -2.95. The van der Waals surface area contributed by atoms with Gasteiger partial charge in [0.05, 0.1) is 15.1 Å². The van der Waals surface area contributed by atoms with Crippen molar-refractivity contribution in [3.05, 3.63) is 78.9 Å². The number of thiazole rings is 1. The molecule has 0 bridgehead atoms. The number of sulfonamides is 1. The van der Waals surface area contributed by atoms with Crippen molar-refractivity contribution in [2.45, 2.75) is 4.90 Å². The quantitative estimate of drug-likeness (QED) is 0.523. The molecule has 3 aromatic rings. The van der Waals surface area contributed by atoms with Crippen LogP contribution in [0.1, 0.15) is 10.4 Å². The van der Waals surface area contributed by atoms with Crippen LogP contribution in [0.25, 0.3) is 10.2 Å². The number of amides is 1. The normalized spacial score (nSPS) is 11.6. The third-order valence-corrected chi connectivity index (χ3v) is 6.83. The lowest BCUT2D eigenvalue weighted by Crippen LogP contribution is -2.31. The molecule has 1 N–H and O–H groups in total. The van der Waals surface area contributed by atoms with E-state index in [2.05, 4.69) is 23.5 Å². The zero-order valence-electron chi connectivity index (χ0n) is 15.6. The fourth-order valence-corrected chi connectivity index (χ4v) is 5.08. The number of hydrogen-bond acceptors (Lipinski definition) is 5. The van der Waals surface area contributed by atoms with Crippen LogP contribution >= 0.6 is 11.3 Å². The van der Waals surface area contributed by atoms with E-state index in [1.54, 1.807) is 0 Å². The fraction of sp³-hybridized carbons (Fsp3) is 0.100. The Balaban J connectivity index is 1.92. The lowest BCUT2D eigenvalue weighted by Gasteiger charge is -2.18. The zero-order valence-corrected chi connectivity index (χ0v) is 17.3. The molecular formula is C20H17F2N3O3S2. The van der Waals surface area contributed by atoms with Gasteiger partial charge in [-0.25, -0.2) is 22.2 Å². The lowest BCUT2D eigenvalue weighted by molar-refractivity contribution is 0.101. The van der Waals surface area contributed by atoms with Crippen molar-refractivity contribution in [2.75, 3.05) is 18.4 Å². The summed E-state index contributed by atoms with van der Waals surface area (Å²) in [6, 6.07) is 7.44. The maximum Gasteiger partial charge on any atom is 0.263 e. The molecule has 30 heavy (non-hydrogen) atoms. The first-order valence-electron chi connectivity index (χ1n) is 8.66. The molecule has 1 amide bonds. The van der Waals surface area contributed by atoms with Crippen LogP contribution < -0.4 is 5.32 Å². The summed E-state index contributed by atoms with van der Waals surface area (Å²) in [7, 11) is -3.80. The molecule has 0 atom stereocenters. The number of aromatic nitrogens is 1. The molecule has 3 rings (SSSR count). The van der Waals surface area contributed by atoms with E-state index in [1.807, 2.05) is 0 Å². The number of anilines is 1. The van der Waals surface area contributed by atoms with Crippen LogP contribution in [-0.2, 0) is 10.0 Å². The number of rotatable bonds is 8. The van der Waals surface area contributed by atoms with E-state index < -0.39 is 33.1 Å². The third kappa shape index (κ3) is 4.30. The smallest absolute Gasteiger partial charge is 0.263 e. The van der Waals surface area contributed by atoms with Crippen LogP contribution in [0.15, 0.2) is 66.6 Å². The highest BCUT2D eigenvalue weighted by Crippen LogP contribution is 2.30. The van der Waals surface area contributed by atoms with Gasteiger partial charge in [0.15, 0.2) is 5.13 Å². The topological polar surface area (TPSA) is 79.4 Å². The molecule has 0 saturated carbocycles. The number of benzene rings is 2. The summed E-state index contributed by atoms with van der Waals surface area (Å²) in [5.74, 6) is -2.97. The molecule has 1 aromatic heterocycles. The van der Waals surface area contributed by atoms with E-state index in [-0.39, 0.29) is 23.1 Å². The molecule has 6 nitrogen and oxygen atoms in total. The van der Waals surface area contributed by atoms with E-state index in [4.69, 9.17) is 0 Å². The molecule has 0 saturated heterocycles. The van der Waals surface area contributed by atoms with Crippen molar-refractivity contribution >= 4 is 42.6 Å². The molecular weight excluding hydrogens is 432 g/mol. The van der Waals surface area contributed by atoms with Gasteiger partial charge in [-0.1, -0.05) is 29.6 Å². The second kappa shape index (κ2) is 8.82. The molecule has 0 aliphatic heterocycles. The SMILES string of the molecule is C=CCN(CC=C)S(=O)(=O)c1ccc2nc(NC(=O)c3c(F)cccc3F)sc2c1. The summed E-state index contributed by atoms with van der Waals surface area (Å²) in [6.45, 7) is 7.36. The van der Waals surface area contributed by atoms with Crippen molar-refractivity contribution in [2.24, 2.45) is 0 Å². The van der Waals surface area contributed by atoms with Gasteiger partial charge in [0.2, 0.25) is 10.0 Å². The minimum Gasteiger partial charge on any atom is -0.298 e. The highest BCUT2D eigenvalue weighted by molar-refractivity contribution is 7.89. The van der Waals surface area contributed by atoms with Gasteiger partial charge in [0.1, 0.15) is 17.2 Å². The van der Waals surface area contributed by atoms with Crippen molar-refractivity contribution in [3.63, 3.8) is 0 Å². The molecule has 0 aliphatic rings. The number of carbonyl (C=O) groups excluding carboxylic acids is 1. The molecule has 0 aliphatic carbocycles. The summed E-state index contributed by atoms with van der Waals surface area (Å²) >= 11 is 0.989. The van der Waals surface area contributed by atoms with Crippen molar-refractivity contribution in [3.8, 4) is 0 Å². The van der Waals surface area contributed by atoms with E-state index in [0.717, 1.165) is 29.5 Å². The molecule has 0 unspecified atom stereocenters. The number of halogens is 2. The Morgan fingerprint density at radius 1 is 1.13 bits per heavy atom. The van der Waals surface area contributed by atoms with E-state index >= 15 is 0 Å². The van der Waals surface area contributed by atoms with E-state index in [9.17, 15) is 22.0 Å². The number of nitrogens with one attached hydrogen (secondary N) is 1. The van der Waals surface area contributed by atoms with Gasteiger partial charge in [0, 0.05) is 13.1 Å². The van der Waals surface area contributed by atoms with Gasteiger partial charge in [-0.2, -0.15) is 4.31 Å². The Kier molecular flexibility index (Phi) is 6.40. The van der Waals surface area contributed by atoms with Crippen LogP contribution in [-0.4, -0.2) is 36.7 Å². The zero-order chi connectivity index (χ0) is 21.9. The predicted molar refractivity (Wildman–Crippen MR) is 113 cm³/mol. The van der Waals surface area contributed by atoms with E-state index in [1.165, 1.54) is 34.7 Å². The van der Waals surface area contributed by atoms with Crippen LogP contribution in [0.4, 0.5) is 13.9 Å². The average Bonchev–Trinajstić information content (AvgIpc) is 3.09. The van der Waals surface area contributed by atoms with Crippen molar-refractivity contribution in [1.82, 2.24) is 9.29 Å². The fourth-order valence-electron chi connectivity index (χ4n) is 2.70. The van der Waals surface area contributed by atoms with Crippen LogP contribution in [0.5, 0.6) is 0 Å². The minimum atomic E-state index is -3.80. The highest BCUT2D eigenvalue weighted by Gasteiger charge is 2.24. The number of fused-ring (bicyclic) bond motifs is 1. The Labute approximate surface area is 176 Å². The summed E-state index contributed by atoms with van der Waals surface area (Å²) in [6.07, 6.45) is 2.95. The second-order valence-electron chi connectivity index (χ2n) is 6.10. The van der Waals surface area contributed by atoms with Crippen LogP contribution in [0.3, 0.4) is 0 Å². The maximum atomic E-state index is 13.8. The Bertz CT molecular complexity index is 1210. The summed E-state index contributed by atoms with van der Waals surface area (Å²) < 4.78 is 55.0. The maximum absolute atomic E-state index is 13.8. The molecule has 0 radical (unpaired) electrons. The Morgan fingerprint density at radius 2 is 1.77 bits per heavy atom. The third-order valence-electron chi connectivity index (χ3n) is 4.07. The van der Waals surface area contributed by atoms with Crippen LogP contribution in [0.2, 0.25) is 0 Å².